The Labute approximate surface area is 182 Å². The molecule has 0 bridgehead atoms. The quantitative estimate of drug-likeness (QED) is 0.632. The summed E-state index contributed by atoms with van der Waals surface area (Å²) in [7, 11) is 0. The van der Waals surface area contributed by atoms with Crippen LogP contribution in [-0.4, -0.2) is 66.5 Å². The molecular formula is C22H32N2O7. The van der Waals surface area contributed by atoms with Crippen LogP contribution >= 0.6 is 0 Å². The number of carbonyl (C=O) groups is 2. The number of β-amino-alcohol motifs (C(OH)–C–C–N with tert-alkyl or cyclic N) is 1. The van der Waals surface area contributed by atoms with E-state index in [0.717, 1.165) is 19.3 Å². The largest absolute Gasteiger partial charge is 0.467 e. The molecule has 1 aromatic carbocycles. The molecule has 2 aliphatic rings. The number of carbonyl (C=O) groups excluding carboxylic acids is 2. The van der Waals surface area contributed by atoms with E-state index < -0.39 is 23.8 Å². The molecule has 1 aromatic rings. The van der Waals surface area contributed by atoms with Gasteiger partial charge in [-0.1, -0.05) is 12.1 Å². The Balaban J connectivity index is 1.60. The van der Waals surface area contributed by atoms with Gasteiger partial charge in [0.2, 0.25) is 5.91 Å². The number of nitrogens with zero attached hydrogens (tertiary/aromatic N) is 1. The average Bonchev–Trinajstić information content (AvgIpc) is 2.69. The van der Waals surface area contributed by atoms with Crippen molar-refractivity contribution < 1.29 is 33.6 Å². The lowest BCUT2D eigenvalue weighted by Gasteiger charge is -2.38. The summed E-state index contributed by atoms with van der Waals surface area (Å²) in [6, 6.07) is 5.92. The zero-order chi connectivity index (χ0) is 22.4. The summed E-state index contributed by atoms with van der Waals surface area (Å²) < 4.78 is 22.0. The predicted molar refractivity (Wildman–Crippen MR) is 111 cm³/mol. The van der Waals surface area contributed by atoms with Crippen molar-refractivity contribution in [3.8, 4) is 5.75 Å². The van der Waals surface area contributed by atoms with Crippen LogP contribution in [0.5, 0.6) is 5.75 Å². The van der Waals surface area contributed by atoms with E-state index in [9.17, 15) is 14.7 Å². The second-order valence-electron chi connectivity index (χ2n) is 8.77. The molecule has 2 saturated heterocycles. The number of amides is 2. The zero-order valence-electron chi connectivity index (χ0n) is 18.3. The summed E-state index contributed by atoms with van der Waals surface area (Å²) in [5.74, 6) is 0.269. The summed E-state index contributed by atoms with van der Waals surface area (Å²) in [4.78, 5) is 26.7. The summed E-state index contributed by atoms with van der Waals surface area (Å²) in [5.41, 5.74) is -0.106. The standard InChI is InChI=1S/C22H32N2O7/c1-22(2,3)31-21(27)23-19(20(26)24-12-16(25)13-24)15-7-9-17(10-8-15)29-14-30-18-6-4-5-11-28-18/h7-10,16,18-19,25H,4-6,11-14H2,1-3H3,(H,23,27)/t18?,19-/m0/s1. The number of ether oxygens (including phenoxy) is 4. The van der Waals surface area contributed by atoms with Crippen molar-refractivity contribution in [3.05, 3.63) is 29.8 Å². The molecule has 9 nitrogen and oxygen atoms in total. The Hall–Kier alpha value is -2.36. The molecule has 2 atom stereocenters. The highest BCUT2D eigenvalue weighted by Gasteiger charge is 2.35. The third-order valence-electron chi connectivity index (χ3n) is 4.91. The zero-order valence-corrected chi connectivity index (χ0v) is 18.3. The second kappa shape index (κ2) is 10.3. The first kappa shape index (κ1) is 23.3. The number of hydrogen-bond acceptors (Lipinski definition) is 7. The molecule has 172 valence electrons. The minimum absolute atomic E-state index is 0.0637. The number of aliphatic hydroxyl groups excluding tert-OH is 1. The van der Waals surface area contributed by atoms with Crippen LogP contribution in [0.1, 0.15) is 51.6 Å². The molecule has 0 aromatic heterocycles. The van der Waals surface area contributed by atoms with Crippen molar-refractivity contribution in [3.63, 3.8) is 0 Å². The SMILES string of the molecule is CC(C)(C)OC(=O)N[C@H](C(=O)N1CC(O)C1)c1ccc(OCOC2CCCCO2)cc1. The number of aliphatic hydroxyl groups is 1. The molecule has 9 heteroatoms. The lowest BCUT2D eigenvalue weighted by atomic mass is 10.0. The maximum atomic E-state index is 12.9. The molecule has 2 N–H and O–H groups in total. The lowest BCUT2D eigenvalue weighted by molar-refractivity contribution is -0.190. The van der Waals surface area contributed by atoms with Gasteiger partial charge in [0.1, 0.15) is 17.4 Å². The molecule has 2 aliphatic heterocycles. The number of alkyl carbamates (subject to hydrolysis) is 1. The van der Waals surface area contributed by atoms with Gasteiger partial charge < -0.3 is 34.3 Å². The fourth-order valence-electron chi connectivity index (χ4n) is 3.31. The third-order valence-corrected chi connectivity index (χ3v) is 4.91. The second-order valence-corrected chi connectivity index (χ2v) is 8.77. The first-order chi connectivity index (χ1) is 14.7. The van der Waals surface area contributed by atoms with Gasteiger partial charge in [0.05, 0.1) is 6.10 Å². The van der Waals surface area contributed by atoms with E-state index in [0.29, 0.717) is 17.9 Å². The lowest BCUT2D eigenvalue weighted by Crippen LogP contribution is -2.56. The Kier molecular flexibility index (Phi) is 7.74. The minimum atomic E-state index is -0.928. The Morgan fingerprint density at radius 1 is 1.23 bits per heavy atom. The molecule has 31 heavy (non-hydrogen) atoms. The van der Waals surface area contributed by atoms with Crippen molar-refractivity contribution >= 4 is 12.0 Å². The van der Waals surface area contributed by atoms with Gasteiger partial charge in [-0.25, -0.2) is 4.79 Å². The van der Waals surface area contributed by atoms with E-state index in [2.05, 4.69) is 5.32 Å². The molecular weight excluding hydrogens is 404 g/mol. The van der Waals surface area contributed by atoms with Crippen LogP contribution in [0.4, 0.5) is 4.79 Å². The summed E-state index contributed by atoms with van der Waals surface area (Å²) >= 11 is 0. The van der Waals surface area contributed by atoms with Gasteiger partial charge in [0.25, 0.3) is 0 Å². The van der Waals surface area contributed by atoms with Crippen molar-refractivity contribution in [1.29, 1.82) is 0 Å². The predicted octanol–water partition coefficient (Wildman–Crippen LogP) is 2.33. The fourth-order valence-corrected chi connectivity index (χ4v) is 3.31. The van der Waals surface area contributed by atoms with E-state index in [-0.39, 0.29) is 32.1 Å². The van der Waals surface area contributed by atoms with Gasteiger partial charge >= 0.3 is 6.09 Å². The molecule has 0 spiro atoms. The van der Waals surface area contributed by atoms with Crippen LogP contribution in [0, 0.1) is 0 Å². The molecule has 0 radical (unpaired) electrons. The maximum absolute atomic E-state index is 12.9. The Morgan fingerprint density at radius 3 is 2.52 bits per heavy atom. The maximum Gasteiger partial charge on any atom is 0.408 e. The van der Waals surface area contributed by atoms with Crippen LogP contribution in [0.25, 0.3) is 0 Å². The molecule has 0 aliphatic carbocycles. The Morgan fingerprint density at radius 2 is 1.94 bits per heavy atom. The van der Waals surface area contributed by atoms with Gasteiger partial charge in [-0.3, -0.25) is 4.79 Å². The number of likely N-dealkylation sites (tertiary alicyclic amines) is 1. The van der Waals surface area contributed by atoms with Crippen molar-refractivity contribution in [2.45, 2.75) is 64.1 Å². The normalized spacial score (nSPS) is 20.5. The van der Waals surface area contributed by atoms with Gasteiger partial charge in [-0.15, -0.1) is 0 Å². The van der Waals surface area contributed by atoms with E-state index in [1.807, 2.05) is 0 Å². The van der Waals surface area contributed by atoms with E-state index >= 15 is 0 Å². The molecule has 0 saturated carbocycles. The number of hydrogen-bond donors (Lipinski definition) is 2. The van der Waals surface area contributed by atoms with Gasteiger partial charge in [-0.05, 0) is 57.7 Å². The monoisotopic (exact) mass is 436 g/mol. The highest BCUT2D eigenvalue weighted by molar-refractivity contribution is 5.87. The third kappa shape index (κ3) is 7.09. The minimum Gasteiger partial charge on any atom is -0.467 e. The van der Waals surface area contributed by atoms with Crippen molar-refractivity contribution in [2.75, 3.05) is 26.5 Å². The molecule has 1 unspecified atom stereocenters. The highest BCUT2D eigenvalue weighted by atomic mass is 16.7. The number of rotatable bonds is 7. The molecule has 3 rings (SSSR count). The van der Waals surface area contributed by atoms with E-state index in [1.165, 1.54) is 4.90 Å². The van der Waals surface area contributed by atoms with E-state index in [4.69, 9.17) is 18.9 Å². The number of benzene rings is 1. The first-order valence-corrected chi connectivity index (χ1v) is 10.6. The summed E-state index contributed by atoms with van der Waals surface area (Å²) in [6.07, 6.45) is 1.53. The van der Waals surface area contributed by atoms with Gasteiger partial charge in [-0.2, -0.15) is 0 Å². The van der Waals surface area contributed by atoms with Crippen LogP contribution in [0.15, 0.2) is 24.3 Å². The fraction of sp³-hybridized carbons (Fsp3) is 0.636. The highest BCUT2D eigenvalue weighted by Crippen LogP contribution is 2.23. The van der Waals surface area contributed by atoms with Crippen LogP contribution < -0.4 is 10.1 Å². The van der Waals surface area contributed by atoms with Crippen molar-refractivity contribution in [1.82, 2.24) is 10.2 Å². The van der Waals surface area contributed by atoms with Gasteiger partial charge in [0, 0.05) is 19.7 Å². The summed E-state index contributed by atoms with van der Waals surface area (Å²) in [6.45, 7) is 6.51. The van der Waals surface area contributed by atoms with Crippen molar-refractivity contribution in [2.24, 2.45) is 0 Å². The summed E-state index contributed by atoms with van der Waals surface area (Å²) in [5, 5.41) is 12.2. The first-order valence-electron chi connectivity index (χ1n) is 10.6. The van der Waals surface area contributed by atoms with E-state index in [1.54, 1.807) is 45.0 Å². The Bertz CT molecular complexity index is 735. The average molecular weight is 437 g/mol. The van der Waals surface area contributed by atoms with Gasteiger partial charge in [0.15, 0.2) is 13.1 Å². The molecule has 2 heterocycles. The van der Waals surface area contributed by atoms with Crippen LogP contribution in [-0.2, 0) is 19.0 Å². The topological polar surface area (TPSA) is 107 Å². The molecule has 2 fully saturated rings. The van der Waals surface area contributed by atoms with Crippen LogP contribution in [0.2, 0.25) is 0 Å². The van der Waals surface area contributed by atoms with Crippen LogP contribution in [0.3, 0.4) is 0 Å². The number of nitrogens with one attached hydrogen (secondary N) is 1. The smallest absolute Gasteiger partial charge is 0.408 e. The molecule has 2 amide bonds.